The lowest BCUT2D eigenvalue weighted by Crippen LogP contribution is -2.43. The number of hydrogen-bond donors (Lipinski definition) is 0. The normalized spacial score (nSPS) is 14.0. The SMILES string of the molecule is Cc1ccc(S(=O)(=O)N(CC(=O)N(Cc2ccccc2F)C2CC2)Cc2ccco2)cc1. The Morgan fingerprint density at radius 2 is 1.75 bits per heavy atom. The molecular formula is C24H25FN2O4S. The van der Waals surface area contributed by atoms with Gasteiger partial charge in [0.2, 0.25) is 15.9 Å². The molecule has 0 aliphatic heterocycles. The molecule has 0 radical (unpaired) electrons. The van der Waals surface area contributed by atoms with Crippen molar-refractivity contribution in [3.05, 3.63) is 89.6 Å². The van der Waals surface area contributed by atoms with Crippen LogP contribution in [0, 0.1) is 12.7 Å². The first kappa shape index (κ1) is 22.2. The van der Waals surface area contributed by atoms with Crippen LogP contribution in [-0.2, 0) is 27.9 Å². The number of halogens is 1. The topological polar surface area (TPSA) is 70.8 Å². The molecule has 0 atom stereocenters. The standard InChI is InChI=1S/C24H25FN2O4S/c1-18-8-12-22(13-9-18)32(29,30)26(16-21-6-4-14-31-21)17-24(28)27(20-10-11-20)15-19-5-2-3-7-23(19)25/h2-9,12-14,20H,10-11,15-17H2,1H3. The lowest BCUT2D eigenvalue weighted by molar-refractivity contribution is -0.132. The van der Waals surface area contributed by atoms with Gasteiger partial charge in [-0.1, -0.05) is 35.9 Å². The van der Waals surface area contributed by atoms with Crippen LogP contribution >= 0.6 is 0 Å². The number of amides is 1. The molecule has 1 heterocycles. The second-order valence-electron chi connectivity index (χ2n) is 8.01. The van der Waals surface area contributed by atoms with Crippen molar-refractivity contribution in [3.63, 3.8) is 0 Å². The van der Waals surface area contributed by atoms with Crippen LogP contribution in [0.3, 0.4) is 0 Å². The van der Waals surface area contributed by atoms with E-state index in [2.05, 4.69) is 0 Å². The third-order valence-electron chi connectivity index (χ3n) is 5.49. The summed E-state index contributed by atoms with van der Waals surface area (Å²) in [6.45, 7) is 1.54. The molecular weight excluding hydrogens is 431 g/mol. The zero-order valence-electron chi connectivity index (χ0n) is 17.8. The molecule has 0 unspecified atom stereocenters. The summed E-state index contributed by atoms with van der Waals surface area (Å²) < 4.78 is 47.4. The number of hydrogen-bond acceptors (Lipinski definition) is 4. The molecule has 0 N–H and O–H groups in total. The zero-order chi connectivity index (χ0) is 22.7. The highest BCUT2D eigenvalue weighted by Crippen LogP contribution is 2.30. The van der Waals surface area contributed by atoms with E-state index in [9.17, 15) is 17.6 Å². The fourth-order valence-corrected chi connectivity index (χ4v) is 4.88. The summed E-state index contributed by atoms with van der Waals surface area (Å²) in [7, 11) is -3.96. The van der Waals surface area contributed by atoms with E-state index in [1.165, 1.54) is 24.5 Å². The molecule has 0 bridgehead atoms. The second kappa shape index (κ2) is 9.26. The van der Waals surface area contributed by atoms with Gasteiger partial charge in [0, 0.05) is 18.2 Å². The van der Waals surface area contributed by atoms with Gasteiger partial charge in [0.25, 0.3) is 0 Å². The molecule has 168 valence electrons. The Balaban J connectivity index is 1.60. The molecule has 8 heteroatoms. The molecule has 1 amide bonds. The van der Waals surface area contributed by atoms with Gasteiger partial charge in [0.05, 0.1) is 24.2 Å². The van der Waals surface area contributed by atoms with Gasteiger partial charge < -0.3 is 9.32 Å². The monoisotopic (exact) mass is 456 g/mol. The highest BCUT2D eigenvalue weighted by atomic mass is 32.2. The van der Waals surface area contributed by atoms with Crippen molar-refractivity contribution >= 4 is 15.9 Å². The number of benzene rings is 2. The summed E-state index contributed by atoms with van der Waals surface area (Å²) in [4.78, 5) is 15.0. The fraction of sp³-hybridized carbons (Fsp3) is 0.292. The number of nitrogens with zero attached hydrogens (tertiary/aromatic N) is 2. The van der Waals surface area contributed by atoms with E-state index in [0.29, 0.717) is 11.3 Å². The van der Waals surface area contributed by atoms with Gasteiger partial charge in [-0.2, -0.15) is 4.31 Å². The molecule has 4 rings (SSSR count). The first-order chi connectivity index (χ1) is 15.3. The molecule has 1 aromatic heterocycles. The summed E-state index contributed by atoms with van der Waals surface area (Å²) in [6, 6.07) is 16.1. The van der Waals surface area contributed by atoms with Gasteiger partial charge in [0.15, 0.2) is 0 Å². The molecule has 0 spiro atoms. The second-order valence-corrected chi connectivity index (χ2v) is 9.95. The average molecular weight is 457 g/mol. The Kier molecular flexibility index (Phi) is 6.43. The van der Waals surface area contributed by atoms with Crippen molar-refractivity contribution in [1.82, 2.24) is 9.21 Å². The minimum absolute atomic E-state index is 0.00496. The van der Waals surface area contributed by atoms with Crippen LogP contribution in [-0.4, -0.2) is 36.1 Å². The van der Waals surface area contributed by atoms with Crippen LogP contribution in [0.2, 0.25) is 0 Å². The van der Waals surface area contributed by atoms with Crippen molar-refractivity contribution in [2.45, 2.75) is 43.8 Å². The van der Waals surface area contributed by atoms with Crippen LogP contribution < -0.4 is 0 Å². The quantitative estimate of drug-likeness (QED) is 0.486. The van der Waals surface area contributed by atoms with Crippen LogP contribution in [0.5, 0.6) is 0 Å². The van der Waals surface area contributed by atoms with Crippen molar-refractivity contribution in [2.75, 3.05) is 6.54 Å². The van der Waals surface area contributed by atoms with Gasteiger partial charge in [-0.15, -0.1) is 0 Å². The molecule has 1 fully saturated rings. The lowest BCUT2D eigenvalue weighted by atomic mass is 10.2. The highest BCUT2D eigenvalue weighted by molar-refractivity contribution is 7.89. The minimum atomic E-state index is -3.96. The van der Waals surface area contributed by atoms with Crippen LogP contribution in [0.1, 0.15) is 29.7 Å². The van der Waals surface area contributed by atoms with E-state index in [-0.39, 0.29) is 42.3 Å². The fourth-order valence-electron chi connectivity index (χ4n) is 3.52. The van der Waals surface area contributed by atoms with Crippen molar-refractivity contribution in [3.8, 4) is 0 Å². The number of aryl methyl sites for hydroxylation is 1. The maximum absolute atomic E-state index is 14.2. The molecule has 1 saturated carbocycles. The van der Waals surface area contributed by atoms with Gasteiger partial charge in [-0.05, 0) is 50.1 Å². The molecule has 3 aromatic rings. The van der Waals surface area contributed by atoms with Crippen molar-refractivity contribution < 1.29 is 22.0 Å². The van der Waals surface area contributed by atoms with E-state index in [1.807, 2.05) is 6.92 Å². The third-order valence-corrected chi connectivity index (χ3v) is 7.30. The van der Waals surface area contributed by atoms with Crippen molar-refractivity contribution in [2.24, 2.45) is 0 Å². The number of furan rings is 1. The van der Waals surface area contributed by atoms with E-state index < -0.39 is 10.0 Å². The van der Waals surface area contributed by atoms with E-state index in [0.717, 1.165) is 22.7 Å². The Morgan fingerprint density at radius 3 is 2.38 bits per heavy atom. The molecule has 1 aliphatic rings. The summed E-state index contributed by atoms with van der Waals surface area (Å²) in [6.07, 6.45) is 3.11. The smallest absolute Gasteiger partial charge is 0.243 e. The van der Waals surface area contributed by atoms with E-state index in [4.69, 9.17) is 4.42 Å². The summed E-state index contributed by atoms with van der Waals surface area (Å²) in [5, 5.41) is 0. The lowest BCUT2D eigenvalue weighted by Gasteiger charge is -2.27. The molecule has 32 heavy (non-hydrogen) atoms. The van der Waals surface area contributed by atoms with Gasteiger partial charge >= 0.3 is 0 Å². The molecule has 1 aliphatic carbocycles. The predicted molar refractivity (Wildman–Crippen MR) is 117 cm³/mol. The van der Waals surface area contributed by atoms with Crippen molar-refractivity contribution in [1.29, 1.82) is 0 Å². The Labute approximate surface area is 187 Å². The third kappa shape index (κ3) is 5.08. The van der Waals surface area contributed by atoms with Crippen LogP contribution in [0.4, 0.5) is 4.39 Å². The largest absolute Gasteiger partial charge is 0.468 e. The Bertz CT molecular complexity index is 1170. The van der Waals surface area contributed by atoms with E-state index >= 15 is 0 Å². The molecule has 2 aromatic carbocycles. The van der Waals surface area contributed by atoms with Crippen LogP contribution in [0.25, 0.3) is 0 Å². The Morgan fingerprint density at radius 1 is 1.03 bits per heavy atom. The molecule has 0 saturated heterocycles. The summed E-state index contributed by atoms with van der Waals surface area (Å²) >= 11 is 0. The van der Waals surface area contributed by atoms with E-state index in [1.54, 1.807) is 47.4 Å². The Hall–Kier alpha value is -2.97. The summed E-state index contributed by atoms with van der Waals surface area (Å²) in [5.74, 6) is -0.316. The minimum Gasteiger partial charge on any atom is -0.468 e. The number of rotatable bonds is 9. The zero-order valence-corrected chi connectivity index (χ0v) is 18.6. The van der Waals surface area contributed by atoms with Gasteiger partial charge in [-0.25, -0.2) is 12.8 Å². The number of carbonyl (C=O) groups is 1. The summed E-state index contributed by atoms with van der Waals surface area (Å²) in [5.41, 5.74) is 1.34. The van der Waals surface area contributed by atoms with Crippen LogP contribution in [0.15, 0.2) is 76.2 Å². The maximum atomic E-state index is 14.2. The average Bonchev–Trinajstić information content (AvgIpc) is 3.48. The molecule has 6 nitrogen and oxygen atoms in total. The maximum Gasteiger partial charge on any atom is 0.243 e. The predicted octanol–water partition coefficient (Wildman–Crippen LogP) is 4.11. The first-order valence-corrected chi connectivity index (χ1v) is 11.9. The number of carbonyl (C=O) groups excluding carboxylic acids is 1. The van der Waals surface area contributed by atoms with Gasteiger partial charge in [-0.3, -0.25) is 4.79 Å². The number of sulfonamides is 1. The van der Waals surface area contributed by atoms with Gasteiger partial charge in [0.1, 0.15) is 11.6 Å². The highest BCUT2D eigenvalue weighted by Gasteiger charge is 2.36. The first-order valence-electron chi connectivity index (χ1n) is 10.5.